The molecule has 1 aromatic rings. The molecule has 5 nitrogen and oxygen atoms in total. The number of halogens is 1. The number of anilines is 1. The molecule has 1 saturated carbocycles. The maximum absolute atomic E-state index is 11.0. The first kappa shape index (κ1) is 22.9. The van der Waals surface area contributed by atoms with Crippen molar-refractivity contribution in [2.24, 2.45) is 23.5 Å². The minimum atomic E-state index is -0.297. The molecule has 30 heavy (non-hydrogen) atoms. The van der Waals surface area contributed by atoms with E-state index >= 15 is 0 Å². The predicted molar refractivity (Wildman–Crippen MR) is 122 cm³/mol. The number of aryl methyl sites for hydroxylation is 1. The highest BCUT2D eigenvalue weighted by Crippen LogP contribution is 2.36. The van der Waals surface area contributed by atoms with Crippen molar-refractivity contribution >= 4 is 23.2 Å². The predicted octanol–water partition coefficient (Wildman–Crippen LogP) is 4.37. The van der Waals surface area contributed by atoms with Gasteiger partial charge in [0.05, 0.1) is 6.07 Å². The first-order valence-electron chi connectivity index (χ1n) is 11.4. The monoisotopic (exact) mass is 430 g/mol. The molecule has 6 heteroatoms. The van der Waals surface area contributed by atoms with Crippen LogP contribution >= 0.6 is 11.6 Å². The molecule has 0 aromatic heterocycles. The fourth-order valence-corrected chi connectivity index (χ4v) is 5.25. The molecule has 2 aliphatic rings. The van der Waals surface area contributed by atoms with Crippen molar-refractivity contribution in [2.75, 3.05) is 37.6 Å². The maximum Gasteiger partial charge on any atom is 0.217 e. The summed E-state index contributed by atoms with van der Waals surface area (Å²) in [6.07, 6.45) is 6.85. The van der Waals surface area contributed by atoms with Gasteiger partial charge in [0.15, 0.2) is 0 Å². The molecule has 0 spiro atoms. The van der Waals surface area contributed by atoms with E-state index in [1.165, 1.54) is 37.1 Å². The Morgan fingerprint density at radius 3 is 2.57 bits per heavy atom. The second-order valence-electron chi connectivity index (χ2n) is 9.07. The molecule has 2 N–H and O–H groups in total. The Bertz CT molecular complexity index is 746. The fraction of sp³-hybridized carbons (Fsp3) is 0.667. The van der Waals surface area contributed by atoms with Crippen LogP contribution in [0.1, 0.15) is 50.5 Å². The lowest BCUT2D eigenvalue weighted by Gasteiger charge is -2.38. The number of benzene rings is 1. The van der Waals surface area contributed by atoms with Gasteiger partial charge in [-0.2, -0.15) is 5.26 Å². The normalized spacial score (nSPS) is 23.7. The molecule has 1 amide bonds. The summed E-state index contributed by atoms with van der Waals surface area (Å²) in [6, 6.07) is 8.57. The van der Waals surface area contributed by atoms with Crippen LogP contribution in [0.3, 0.4) is 0 Å². The number of nitrogens with two attached hydrogens (primary N) is 1. The highest BCUT2D eigenvalue weighted by Gasteiger charge is 2.28. The Hall–Kier alpha value is -1.77. The molecule has 3 rings (SSSR count). The number of rotatable bonds is 8. The van der Waals surface area contributed by atoms with Gasteiger partial charge in [-0.25, -0.2) is 0 Å². The quantitative estimate of drug-likeness (QED) is 0.664. The number of piperazine rings is 1. The molecule has 1 aromatic carbocycles. The zero-order valence-corrected chi connectivity index (χ0v) is 18.9. The molecule has 1 aliphatic carbocycles. The van der Waals surface area contributed by atoms with E-state index in [9.17, 15) is 10.1 Å². The summed E-state index contributed by atoms with van der Waals surface area (Å²) in [6.45, 7) is 7.63. The number of hydrogen-bond acceptors (Lipinski definition) is 4. The van der Waals surface area contributed by atoms with Crippen LogP contribution in [0.5, 0.6) is 0 Å². The molecule has 2 fully saturated rings. The minimum Gasteiger partial charge on any atom is -0.370 e. The van der Waals surface area contributed by atoms with Gasteiger partial charge in [-0.1, -0.05) is 30.5 Å². The number of primary amides is 1. The van der Waals surface area contributed by atoms with Gasteiger partial charge in [0.25, 0.3) is 0 Å². The third kappa shape index (κ3) is 6.36. The summed E-state index contributed by atoms with van der Waals surface area (Å²) in [5, 5.41) is 10.3. The van der Waals surface area contributed by atoms with Gasteiger partial charge in [-0.3, -0.25) is 9.69 Å². The van der Waals surface area contributed by atoms with E-state index in [4.69, 9.17) is 17.3 Å². The number of amides is 1. The van der Waals surface area contributed by atoms with E-state index < -0.39 is 0 Å². The lowest BCUT2D eigenvalue weighted by atomic mass is 9.74. The molecule has 0 radical (unpaired) electrons. The second-order valence-corrected chi connectivity index (χ2v) is 9.51. The summed E-state index contributed by atoms with van der Waals surface area (Å²) in [7, 11) is 0. The van der Waals surface area contributed by atoms with Gasteiger partial charge >= 0.3 is 0 Å². The molecular formula is C24H35ClN4O. The van der Waals surface area contributed by atoms with Gasteiger partial charge in [-0.05, 0) is 68.7 Å². The van der Waals surface area contributed by atoms with Crippen LogP contribution in [0.25, 0.3) is 0 Å². The minimum absolute atomic E-state index is 0.0125. The SMILES string of the molecule is Cc1ccc(Cl)cc1N1CCN(CCC2CCC(C(C#N)CCC(N)=O)CC2)CC1. The molecule has 1 atom stereocenters. The number of hydrogen-bond donors (Lipinski definition) is 1. The van der Waals surface area contributed by atoms with Crippen molar-refractivity contribution in [2.45, 2.75) is 51.9 Å². The molecule has 164 valence electrons. The van der Waals surface area contributed by atoms with Crippen molar-refractivity contribution in [3.05, 3.63) is 28.8 Å². The van der Waals surface area contributed by atoms with E-state index in [-0.39, 0.29) is 11.8 Å². The Balaban J connectivity index is 1.37. The Kier molecular flexibility index (Phi) is 8.41. The zero-order chi connectivity index (χ0) is 21.5. The zero-order valence-electron chi connectivity index (χ0n) is 18.2. The summed E-state index contributed by atoms with van der Waals surface area (Å²) in [5.41, 5.74) is 7.81. The van der Waals surface area contributed by atoms with Crippen LogP contribution in [0, 0.1) is 36.0 Å². The number of carbonyl (C=O) groups excluding carboxylic acids is 1. The first-order chi connectivity index (χ1) is 14.5. The van der Waals surface area contributed by atoms with Gasteiger partial charge in [0.1, 0.15) is 0 Å². The van der Waals surface area contributed by atoms with Crippen LogP contribution in [-0.2, 0) is 4.79 Å². The molecule has 1 aliphatic heterocycles. The van der Waals surface area contributed by atoms with E-state index in [1.54, 1.807) is 0 Å². The Morgan fingerprint density at radius 1 is 1.23 bits per heavy atom. The molecule has 1 saturated heterocycles. The highest BCUT2D eigenvalue weighted by atomic mass is 35.5. The first-order valence-corrected chi connectivity index (χ1v) is 11.8. The third-order valence-corrected chi connectivity index (χ3v) is 7.30. The highest BCUT2D eigenvalue weighted by molar-refractivity contribution is 6.30. The van der Waals surface area contributed by atoms with Gasteiger partial charge in [-0.15, -0.1) is 0 Å². The Labute approximate surface area is 186 Å². The van der Waals surface area contributed by atoms with E-state index in [0.717, 1.165) is 50.0 Å². The van der Waals surface area contributed by atoms with Crippen molar-refractivity contribution in [1.29, 1.82) is 5.26 Å². The standard InChI is InChI=1S/C24H35ClN4O/c1-18-2-8-22(25)16-23(18)29-14-12-28(13-15-29)11-10-19-3-5-20(6-4-19)21(17-26)7-9-24(27)30/h2,8,16,19-21H,3-7,9-15H2,1H3,(H2,27,30). The number of nitriles is 1. The van der Waals surface area contributed by atoms with Gasteiger partial charge in [0.2, 0.25) is 5.91 Å². The van der Waals surface area contributed by atoms with Crippen molar-refractivity contribution in [1.82, 2.24) is 4.90 Å². The summed E-state index contributed by atoms with van der Waals surface area (Å²) in [4.78, 5) is 16.1. The van der Waals surface area contributed by atoms with E-state index in [0.29, 0.717) is 18.8 Å². The van der Waals surface area contributed by atoms with E-state index in [1.807, 2.05) is 6.07 Å². The average Bonchev–Trinajstić information content (AvgIpc) is 2.75. The van der Waals surface area contributed by atoms with Crippen LogP contribution < -0.4 is 10.6 Å². The van der Waals surface area contributed by atoms with Crippen LogP contribution in [0.2, 0.25) is 5.02 Å². The van der Waals surface area contributed by atoms with Crippen LogP contribution in [0.15, 0.2) is 18.2 Å². The van der Waals surface area contributed by atoms with Crippen molar-refractivity contribution in [3.63, 3.8) is 0 Å². The molecule has 1 unspecified atom stereocenters. The summed E-state index contributed by atoms with van der Waals surface area (Å²) >= 11 is 6.20. The fourth-order valence-electron chi connectivity index (χ4n) is 5.08. The maximum atomic E-state index is 11.0. The largest absolute Gasteiger partial charge is 0.370 e. The number of carbonyl (C=O) groups is 1. The average molecular weight is 431 g/mol. The summed E-state index contributed by atoms with van der Waals surface area (Å²) < 4.78 is 0. The van der Waals surface area contributed by atoms with E-state index in [2.05, 4.69) is 34.9 Å². The van der Waals surface area contributed by atoms with Crippen LogP contribution in [0.4, 0.5) is 5.69 Å². The molecule has 1 heterocycles. The molecule has 0 bridgehead atoms. The topological polar surface area (TPSA) is 73.4 Å². The second kappa shape index (κ2) is 11.0. The van der Waals surface area contributed by atoms with Gasteiger partial charge in [0, 0.05) is 49.2 Å². The number of nitrogens with zero attached hydrogens (tertiary/aromatic N) is 3. The van der Waals surface area contributed by atoms with Crippen molar-refractivity contribution < 1.29 is 4.79 Å². The van der Waals surface area contributed by atoms with Crippen molar-refractivity contribution in [3.8, 4) is 6.07 Å². The lowest BCUT2D eigenvalue weighted by Crippen LogP contribution is -2.47. The smallest absolute Gasteiger partial charge is 0.217 e. The van der Waals surface area contributed by atoms with Gasteiger partial charge < -0.3 is 10.6 Å². The van der Waals surface area contributed by atoms with Crippen LogP contribution in [-0.4, -0.2) is 43.5 Å². The third-order valence-electron chi connectivity index (χ3n) is 7.07. The Morgan fingerprint density at radius 2 is 1.93 bits per heavy atom. The molecular weight excluding hydrogens is 396 g/mol. The summed E-state index contributed by atoms with van der Waals surface area (Å²) in [5.74, 6) is 0.899. The lowest BCUT2D eigenvalue weighted by molar-refractivity contribution is -0.118.